The first-order valence-electron chi connectivity index (χ1n) is 8.13. The molecule has 0 unspecified atom stereocenters. The second-order valence-corrected chi connectivity index (χ2v) is 8.28. The monoisotopic (exact) mass is 341 g/mol. The number of carboxylic acid groups (broad SMARTS) is 1. The Hall–Kier alpha value is -1.99. The van der Waals surface area contributed by atoms with E-state index in [1.165, 1.54) is 4.90 Å². The maximum Gasteiger partial charge on any atom is 0.411 e. The van der Waals surface area contributed by atoms with Crippen molar-refractivity contribution in [1.82, 2.24) is 14.7 Å². The molecule has 1 N–H and O–H groups in total. The number of ether oxygens (including phenoxy) is 1. The highest BCUT2D eigenvalue weighted by atomic mass is 16.6. The van der Waals surface area contributed by atoms with Crippen molar-refractivity contribution >= 4 is 18.1 Å². The summed E-state index contributed by atoms with van der Waals surface area (Å²) >= 11 is 0. The Labute approximate surface area is 142 Å². The molecular formula is C16H27N3O5. The molecule has 0 saturated carbocycles. The number of rotatable bonds is 1. The number of fused-ring (bicyclic) bond motifs is 1. The number of hydrogen-bond acceptors (Lipinski definition) is 4. The van der Waals surface area contributed by atoms with Gasteiger partial charge in [0, 0.05) is 25.2 Å². The van der Waals surface area contributed by atoms with Crippen LogP contribution in [0, 0.1) is 0 Å². The zero-order valence-corrected chi connectivity index (χ0v) is 15.2. The van der Waals surface area contributed by atoms with Gasteiger partial charge in [0.15, 0.2) is 6.04 Å². The van der Waals surface area contributed by atoms with Crippen LogP contribution in [0.5, 0.6) is 0 Å². The van der Waals surface area contributed by atoms with E-state index in [1.54, 1.807) is 30.6 Å². The Bertz CT molecular complexity index is 549. The fraction of sp³-hybridized carbons (Fsp3) is 0.812. The number of carbonyl (C=O) groups is 3. The normalized spacial score (nSPS) is 24.9. The van der Waals surface area contributed by atoms with Crippen molar-refractivity contribution in [2.75, 3.05) is 19.6 Å². The molecule has 3 amide bonds. The number of amides is 3. The first-order valence-corrected chi connectivity index (χ1v) is 8.13. The zero-order chi connectivity index (χ0) is 18.4. The fourth-order valence-corrected chi connectivity index (χ4v) is 3.14. The van der Waals surface area contributed by atoms with Crippen LogP contribution >= 0.6 is 0 Å². The molecule has 2 heterocycles. The third kappa shape index (κ3) is 3.42. The van der Waals surface area contributed by atoms with E-state index in [4.69, 9.17) is 4.74 Å². The molecule has 2 fully saturated rings. The van der Waals surface area contributed by atoms with Gasteiger partial charge >= 0.3 is 18.1 Å². The molecule has 2 aliphatic rings. The average Bonchev–Trinajstić information content (AvgIpc) is 2.73. The molecule has 2 rings (SSSR count). The standard InChI is InChI=1S/C16H27N3O5/c1-15(2,3)19-9-10-11(12(20)21)18(8-7-17(10)13(19)22)14(23)24-16(4,5)6/h10-11H,7-9H2,1-6H3,(H,20,21)/t10-,11+/m1/s1. The molecule has 136 valence electrons. The van der Waals surface area contributed by atoms with Crippen molar-refractivity contribution in [3.05, 3.63) is 0 Å². The lowest BCUT2D eigenvalue weighted by Gasteiger charge is -2.41. The molecule has 0 aliphatic carbocycles. The molecule has 2 atom stereocenters. The zero-order valence-electron chi connectivity index (χ0n) is 15.2. The van der Waals surface area contributed by atoms with Gasteiger partial charge in [-0.25, -0.2) is 14.4 Å². The van der Waals surface area contributed by atoms with E-state index < -0.39 is 35.3 Å². The van der Waals surface area contributed by atoms with E-state index in [9.17, 15) is 19.5 Å². The molecule has 0 aromatic carbocycles. The molecule has 0 spiro atoms. The number of urea groups is 1. The van der Waals surface area contributed by atoms with Crippen molar-refractivity contribution in [2.45, 2.75) is 64.8 Å². The highest BCUT2D eigenvalue weighted by Gasteiger charge is 2.53. The second kappa shape index (κ2) is 5.82. The Kier molecular flexibility index (Phi) is 4.45. The van der Waals surface area contributed by atoms with Crippen LogP contribution in [0.3, 0.4) is 0 Å². The number of carbonyl (C=O) groups excluding carboxylic acids is 2. The molecule has 0 radical (unpaired) electrons. The molecule has 8 nitrogen and oxygen atoms in total. The molecule has 0 aromatic heterocycles. The SMILES string of the molecule is CC(C)(C)OC(=O)N1CCN2C(=O)N(C(C)(C)C)C[C@@H]2[C@H]1C(=O)O. The fourth-order valence-electron chi connectivity index (χ4n) is 3.14. The van der Waals surface area contributed by atoms with Gasteiger partial charge in [-0.3, -0.25) is 4.90 Å². The van der Waals surface area contributed by atoms with Gasteiger partial charge < -0.3 is 19.6 Å². The Morgan fingerprint density at radius 3 is 2.17 bits per heavy atom. The highest BCUT2D eigenvalue weighted by Crippen LogP contribution is 2.31. The first kappa shape index (κ1) is 18.4. The summed E-state index contributed by atoms with van der Waals surface area (Å²) in [4.78, 5) is 41.3. The van der Waals surface area contributed by atoms with E-state index in [-0.39, 0.29) is 19.1 Å². The summed E-state index contributed by atoms with van der Waals surface area (Å²) in [5.41, 5.74) is -1.12. The number of piperazine rings is 1. The summed E-state index contributed by atoms with van der Waals surface area (Å²) in [5, 5.41) is 9.67. The van der Waals surface area contributed by atoms with E-state index in [0.29, 0.717) is 6.54 Å². The summed E-state index contributed by atoms with van der Waals surface area (Å²) in [6.45, 7) is 11.6. The van der Waals surface area contributed by atoms with Crippen LogP contribution in [-0.4, -0.2) is 80.8 Å². The summed E-state index contributed by atoms with van der Waals surface area (Å²) in [7, 11) is 0. The van der Waals surface area contributed by atoms with Crippen molar-refractivity contribution in [3.8, 4) is 0 Å². The highest BCUT2D eigenvalue weighted by molar-refractivity contribution is 5.85. The molecule has 0 bridgehead atoms. The lowest BCUT2D eigenvalue weighted by atomic mass is 10.0. The summed E-state index contributed by atoms with van der Waals surface area (Å²) < 4.78 is 5.33. The minimum Gasteiger partial charge on any atom is -0.480 e. The average molecular weight is 341 g/mol. The van der Waals surface area contributed by atoms with Crippen molar-refractivity contribution in [3.63, 3.8) is 0 Å². The Morgan fingerprint density at radius 1 is 1.12 bits per heavy atom. The van der Waals surface area contributed by atoms with E-state index in [1.807, 2.05) is 20.8 Å². The molecule has 0 aromatic rings. The van der Waals surface area contributed by atoms with Gasteiger partial charge in [-0.15, -0.1) is 0 Å². The smallest absolute Gasteiger partial charge is 0.411 e. The predicted octanol–water partition coefficient (Wildman–Crippen LogP) is 1.60. The van der Waals surface area contributed by atoms with Crippen LogP contribution in [0.25, 0.3) is 0 Å². The maximum absolute atomic E-state index is 12.6. The van der Waals surface area contributed by atoms with Gasteiger partial charge in [0.2, 0.25) is 0 Å². The van der Waals surface area contributed by atoms with Gasteiger partial charge in [-0.2, -0.15) is 0 Å². The molecule has 24 heavy (non-hydrogen) atoms. The van der Waals surface area contributed by atoms with Crippen molar-refractivity contribution < 1.29 is 24.2 Å². The summed E-state index contributed by atoms with van der Waals surface area (Å²) in [6.07, 6.45) is -0.656. The topological polar surface area (TPSA) is 90.4 Å². The lowest BCUT2D eigenvalue weighted by Crippen LogP contribution is -2.63. The van der Waals surface area contributed by atoms with Crippen LogP contribution in [0.15, 0.2) is 0 Å². The minimum absolute atomic E-state index is 0.145. The third-order valence-corrected chi connectivity index (χ3v) is 4.22. The molecular weight excluding hydrogens is 314 g/mol. The van der Waals surface area contributed by atoms with E-state index in [2.05, 4.69) is 0 Å². The van der Waals surface area contributed by atoms with Gasteiger partial charge in [0.05, 0.1) is 6.04 Å². The number of nitrogens with zero attached hydrogens (tertiary/aromatic N) is 3. The largest absolute Gasteiger partial charge is 0.480 e. The number of carboxylic acids is 1. The van der Waals surface area contributed by atoms with Crippen molar-refractivity contribution in [2.24, 2.45) is 0 Å². The quantitative estimate of drug-likeness (QED) is 0.782. The molecule has 2 aliphatic heterocycles. The second-order valence-electron chi connectivity index (χ2n) is 8.28. The van der Waals surface area contributed by atoms with Crippen LogP contribution in [0.2, 0.25) is 0 Å². The maximum atomic E-state index is 12.6. The minimum atomic E-state index is -1.13. The van der Waals surface area contributed by atoms with Crippen LogP contribution in [0.1, 0.15) is 41.5 Å². The van der Waals surface area contributed by atoms with Crippen molar-refractivity contribution in [1.29, 1.82) is 0 Å². The first-order chi connectivity index (χ1) is 10.8. The van der Waals surface area contributed by atoms with Gasteiger partial charge in [0.1, 0.15) is 5.60 Å². The number of aliphatic carboxylic acids is 1. The third-order valence-electron chi connectivity index (χ3n) is 4.22. The van der Waals surface area contributed by atoms with E-state index >= 15 is 0 Å². The number of hydrogen-bond donors (Lipinski definition) is 1. The summed E-state index contributed by atoms with van der Waals surface area (Å²) in [5.74, 6) is -1.13. The van der Waals surface area contributed by atoms with Crippen LogP contribution in [-0.2, 0) is 9.53 Å². The van der Waals surface area contributed by atoms with Gasteiger partial charge in [-0.05, 0) is 41.5 Å². The Morgan fingerprint density at radius 2 is 1.71 bits per heavy atom. The lowest BCUT2D eigenvalue weighted by molar-refractivity contribution is -0.147. The van der Waals surface area contributed by atoms with Gasteiger partial charge in [-0.1, -0.05) is 0 Å². The van der Waals surface area contributed by atoms with Crippen LogP contribution < -0.4 is 0 Å². The van der Waals surface area contributed by atoms with E-state index in [0.717, 1.165) is 0 Å². The van der Waals surface area contributed by atoms with Crippen LogP contribution in [0.4, 0.5) is 9.59 Å². The molecule has 8 heteroatoms. The molecule has 2 saturated heterocycles. The Balaban J connectivity index is 2.27. The van der Waals surface area contributed by atoms with Gasteiger partial charge in [0.25, 0.3) is 0 Å². The predicted molar refractivity (Wildman–Crippen MR) is 86.7 cm³/mol. The summed E-state index contributed by atoms with van der Waals surface area (Å²) in [6, 6.07) is -1.86.